The van der Waals surface area contributed by atoms with E-state index in [1.807, 2.05) is 13.8 Å². The van der Waals surface area contributed by atoms with Gasteiger partial charge in [0.25, 0.3) is 0 Å². The summed E-state index contributed by atoms with van der Waals surface area (Å²) in [5.41, 5.74) is 0.735. The van der Waals surface area contributed by atoms with Gasteiger partial charge in [0.2, 0.25) is 0 Å². The van der Waals surface area contributed by atoms with Crippen molar-refractivity contribution in [3.05, 3.63) is 22.4 Å². The molecule has 138 valence electrons. The lowest BCUT2D eigenvalue weighted by molar-refractivity contribution is -0.144. The van der Waals surface area contributed by atoms with Crippen LogP contribution in [0.3, 0.4) is 0 Å². The molecule has 1 saturated heterocycles. The van der Waals surface area contributed by atoms with Gasteiger partial charge < -0.3 is 10.2 Å². The Hall–Kier alpha value is -2.29. The molecule has 4 rings (SSSR count). The minimum absolute atomic E-state index is 0.0802. The van der Waals surface area contributed by atoms with Gasteiger partial charge in [0.1, 0.15) is 10.8 Å². The third kappa shape index (κ3) is 3.48. The number of aromatic amines is 1. The molecule has 0 radical (unpaired) electrons. The zero-order valence-corrected chi connectivity index (χ0v) is 15.7. The molecule has 1 saturated carbocycles. The number of hydrogen-bond donors (Lipinski definition) is 2. The van der Waals surface area contributed by atoms with Crippen molar-refractivity contribution >= 4 is 28.2 Å². The maximum absolute atomic E-state index is 12.6. The number of nitrogens with zero attached hydrogens (tertiary/aromatic N) is 4. The summed E-state index contributed by atoms with van der Waals surface area (Å²) in [4.78, 5) is 35.4. The summed E-state index contributed by atoms with van der Waals surface area (Å²) >= 11 is 1.38. The van der Waals surface area contributed by atoms with E-state index in [-0.39, 0.29) is 5.92 Å². The third-order valence-electron chi connectivity index (χ3n) is 4.88. The molecule has 1 aliphatic heterocycles. The van der Waals surface area contributed by atoms with Crippen molar-refractivity contribution < 1.29 is 9.59 Å². The number of aromatic nitrogens is 4. The molecular weight excluding hydrogens is 352 g/mol. The summed E-state index contributed by atoms with van der Waals surface area (Å²) in [6.45, 7) is 4.76. The first-order valence-electron chi connectivity index (χ1n) is 8.97. The molecule has 26 heavy (non-hydrogen) atoms. The summed E-state index contributed by atoms with van der Waals surface area (Å²) in [7, 11) is 0. The summed E-state index contributed by atoms with van der Waals surface area (Å²) in [6, 6.07) is 0. The first kappa shape index (κ1) is 17.1. The summed E-state index contributed by atoms with van der Waals surface area (Å²) in [5.74, 6) is 1.21. The van der Waals surface area contributed by atoms with Crippen LogP contribution in [-0.4, -0.2) is 50.0 Å². The molecule has 9 heteroatoms. The minimum atomic E-state index is -0.606. The van der Waals surface area contributed by atoms with Crippen molar-refractivity contribution in [1.82, 2.24) is 25.1 Å². The largest absolute Gasteiger partial charge is 0.334 e. The summed E-state index contributed by atoms with van der Waals surface area (Å²) in [6.07, 6.45) is 4.11. The minimum Gasteiger partial charge on any atom is -0.334 e. The van der Waals surface area contributed by atoms with Gasteiger partial charge in [0.15, 0.2) is 5.82 Å². The Kier molecular flexibility index (Phi) is 4.47. The number of H-pyrrole nitrogens is 1. The maximum atomic E-state index is 12.6. The molecule has 1 unspecified atom stereocenters. The van der Waals surface area contributed by atoms with Crippen LogP contribution in [0, 0.1) is 13.8 Å². The van der Waals surface area contributed by atoms with Crippen LogP contribution in [0.4, 0.5) is 5.00 Å². The quantitative estimate of drug-likeness (QED) is 0.801. The van der Waals surface area contributed by atoms with Gasteiger partial charge in [-0.05, 0) is 39.5 Å². The Balaban J connectivity index is 1.40. The lowest BCUT2D eigenvalue weighted by Gasteiger charge is -2.30. The molecule has 2 fully saturated rings. The highest BCUT2D eigenvalue weighted by atomic mass is 32.1. The SMILES string of the molecule is Cc1nc(C)c(NC(=O)C(=O)N2CCCC(c3n[nH]c(C4CC4)n3)C2)s1. The Morgan fingerprint density at radius 2 is 2.00 bits per heavy atom. The average molecular weight is 374 g/mol. The van der Waals surface area contributed by atoms with E-state index >= 15 is 0 Å². The Morgan fingerprint density at radius 3 is 2.69 bits per heavy atom. The predicted molar refractivity (Wildman–Crippen MR) is 97.1 cm³/mol. The number of carbonyl (C=O) groups excluding carboxylic acids is 2. The van der Waals surface area contributed by atoms with E-state index in [9.17, 15) is 9.59 Å². The first-order valence-corrected chi connectivity index (χ1v) is 9.79. The van der Waals surface area contributed by atoms with Gasteiger partial charge >= 0.3 is 11.8 Å². The lowest BCUT2D eigenvalue weighted by Crippen LogP contribution is -2.44. The highest BCUT2D eigenvalue weighted by Gasteiger charge is 2.32. The Labute approximate surface area is 155 Å². The molecule has 8 nitrogen and oxygen atoms in total. The Morgan fingerprint density at radius 1 is 1.19 bits per heavy atom. The fourth-order valence-corrected chi connectivity index (χ4v) is 4.14. The number of amides is 2. The number of carbonyl (C=O) groups is 2. The molecule has 1 atom stereocenters. The van der Waals surface area contributed by atoms with Crippen LogP contribution < -0.4 is 5.32 Å². The van der Waals surface area contributed by atoms with Gasteiger partial charge in [0.05, 0.1) is 10.7 Å². The number of aryl methyl sites for hydroxylation is 2. The zero-order chi connectivity index (χ0) is 18.3. The molecule has 0 aromatic carbocycles. The number of thiazole rings is 1. The van der Waals surface area contributed by atoms with Crippen molar-refractivity contribution in [2.24, 2.45) is 0 Å². The molecule has 2 amide bonds. The van der Waals surface area contributed by atoms with Crippen molar-refractivity contribution in [3.8, 4) is 0 Å². The van der Waals surface area contributed by atoms with E-state index in [0.717, 1.165) is 35.2 Å². The number of likely N-dealkylation sites (tertiary alicyclic amines) is 1. The van der Waals surface area contributed by atoms with Crippen molar-refractivity contribution in [2.75, 3.05) is 18.4 Å². The highest BCUT2D eigenvalue weighted by molar-refractivity contribution is 7.16. The fraction of sp³-hybridized carbons (Fsp3) is 0.588. The molecular formula is C17H22N6O2S. The second-order valence-corrected chi connectivity index (χ2v) is 8.25. The topological polar surface area (TPSA) is 104 Å². The standard InChI is InChI=1S/C17H22N6O2S/c1-9-16(26-10(2)18-9)20-15(24)17(25)23-7-3-4-12(8-23)14-19-13(21-22-14)11-5-6-11/h11-12H,3-8H2,1-2H3,(H,20,24)(H,19,21,22). The van der Waals surface area contributed by atoms with Crippen LogP contribution in [0.5, 0.6) is 0 Å². The summed E-state index contributed by atoms with van der Waals surface area (Å²) in [5, 5.41) is 11.6. The van der Waals surface area contributed by atoms with Crippen LogP contribution in [0.25, 0.3) is 0 Å². The molecule has 3 heterocycles. The number of piperidine rings is 1. The third-order valence-corrected chi connectivity index (χ3v) is 5.87. The predicted octanol–water partition coefficient (Wildman–Crippen LogP) is 2.10. The molecule has 2 aromatic heterocycles. The first-order chi connectivity index (χ1) is 12.5. The van der Waals surface area contributed by atoms with Crippen LogP contribution in [0.15, 0.2) is 0 Å². The van der Waals surface area contributed by atoms with Crippen LogP contribution in [0.2, 0.25) is 0 Å². The maximum Gasteiger partial charge on any atom is 0.314 e. The number of hydrogen-bond acceptors (Lipinski definition) is 6. The zero-order valence-electron chi connectivity index (χ0n) is 14.9. The number of anilines is 1. The molecule has 0 bridgehead atoms. The second kappa shape index (κ2) is 6.79. The van der Waals surface area contributed by atoms with Gasteiger partial charge in [0, 0.05) is 24.9 Å². The smallest absolute Gasteiger partial charge is 0.314 e. The number of nitrogens with one attached hydrogen (secondary N) is 2. The van der Waals surface area contributed by atoms with Gasteiger partial charge in [-0.1, -0.05) is 0 Å². The van der Waals surface area contributed by atoms with Gasteiger partial charge in [-0.2, -0.15) is 5.10 Å². The summed E-state index contributed by atoms with van der Waals surface area (Å²) < 4.78 is 0. The van der Waals surface area contributed by atoms with Crippen LogP contribution >= 0.6 is 11.3 Å². The van der Waals surface area contributed by atoms with Gasteiger partial charge in [-0.15, -0.1) is 11.3 Å². The van der Waals surface area contributed by atoms with Crippen molar-refractivity contribution in [1.29, 1.82) is 0 Å². The lowest BCUT2D eigenvalue weighted by atomic mass is 9.97. The van der Waals surface area contributed by atoms with E-state index in [0.29, 0.717) is 24.0 Å². The second-order valence-electron chi connectivity index (χ2n) is 7.04. The fourth-order valence-electron chi connectivity index (χ4n) is 3.33. The highest BCUT2D eigenvalue weighted by Crippen LogP contribution is 2.38. The van der Waals surface area contributed by atoms with Gasteiger partial charge in [-0.25, -0.2) is 9.97 Å². The van der Waals surface area contributed by atoms with E-state index in [2.05, 4.69) is 25.5 Å². The van der Waals surface area contributed by atoms with Crippen molar-refractivity contribution in [2.45, 2.75) is 51.4 Å². The van der Waals surface area contributed by atoms with Crippen LogP contribution in [-0.2, 0) is 9.59 Å². The van der Waals surface area contributed by atoms with Crippen molar-refractivity contribution in [3.63, 3.8) is 0 Å². The van der Waals surface area contributed by atoms with E-state index < -0.39 is 11.8 Å². The van der Waals surface area contributed by atoms with E-state index in [1.54, 1.807) is 4.90 Å². The average Bonchev–Trinajstić information content (AvgIpc) is 3.27. The monoisotopic (exact) mass is 374 g/mol. The molecule has 2 aromatic rings. The van der Waals surface area contributed by atoms with Crippen LogP contribution in [0.1, 0.15) is 59.9 Å². The molecule has 2 N–H and O–H groups in total. The van der Waals surface area contributed by atoms with E-state index in [1.165, 1.54) is 24.2 Å². The molecule has 0 spiro atoms. The Bertz CT molecular complexity index is 840. The molecule has 1 aliphatic carbocycles. The van der Waals surface area contributed by atoms with Gasteiger partial charge in [-0.3, -0.25) is 14.7 Å². The number of rotatable bonds is 3. The molecule has 2 aliphatic rings. The normalized spacial score (nSPS) is 20.2. The van der Waals surface area contributed by atoms with E-state index in [4.69, 9.17) is 0 Å².